The Balaban J connectivity index is 0. The van der Waals surface area contributed by atoms with E-state index in [0.29, 0.717) is 0 Å². The largest absolute Gasteiger partial charge is 0.339 e. The summed E-state index contributed by atoms with van der Waals surface area (Å²) >= 11 is 0. The SMILES string of the molecule is [2H]C([2H])OOC(C)=O.[Na]. The first-order chi connectivity index (χ1) is 3.63. The van der Waals surface area contributed by atoms with E-state index in [1.165, 1.54) is 0 Å². The Labute approximate surface area is 67.0 Å². The van der Waals surface area contributed by atoms with E-state index in [0.717, 1.165) is 6.92 Å². The van der Waals surface area contributed by atoms with Gasteiger partial charge in [0.15, 0.2) is 0 Å². The molecule has 0 unspecified atom stereocenters. The quantitative estimate of drug-likeness (QED) is 0.268. The van der Waals surface area contributed by atoms with Gasteiger partial charge in [-0.05, 0) is 0 Å². The zero-order valence-electron chi connectivity index (χ0n) is 6.30. The maximum Gasteiger partial charge on any atom is 0.339 e. The van der Waals surface area contributed by atoms with Gasteiger partial charge in [0.05, 0.1) is 9.80 Å². The van der Waals surface area contributed by atoms with Crippen molar-refractivity contribution in [3.05, 3.63) is 0 Å². The van der Waals surface area contributed by atoms with Crippen molar-refractivity contribution < 1.29 is 17.3 Å². The molecule has 0 spiro atoms. The summed E-state index contributed by atoms with van der Waals surface area (Å²) in [6.07, 6.45) is 0. The normalized spacial score (nSPS) is 11.1. The molecular weight excluding hydrogens is 107 g/mol. The van der Waals surface area contributed by atoms with Gasteiger partial charge < -0.3 is 0 Å². The van der Waals surface area contributed by atoms with Gasteiger partial charge >= 0.3 is 5.97 Å². The molecule has 7 heavy (non-hydrogen) atoms. The van der Waals surface area contributed by atoms with E-state index >= 15 is 0 Å². The Morgan fingerprint density at radius 3 is 2.57 bits per heavy atom. The summed E-state index contributed by atoms with van der Waals surface area (Å²) in [5.41, 5.74) is 0. The maximum atomic E-state index is 9.83. The van der Waals surface area contributed by atoms with Gasteiger partial charge in [-0.2, -0.15) is 4.89 Å². The summed E-state index contributed by atoms with van der Waals surface area (Å²) in [7, 11) is -1.56. The first-order valence-corrected chi connectivity index (χ1v) is 1.31. The summed E-state index contributed by atoms with van der Waals surface area (Å²) < 4.78 is 12.7. The fourth-order valence-corrected chi connectivity index (χ4v) is 0.0678. The third kappa shape index (κ3) is 10.7. The third-order valence-corrected chi connectivity index (χ3v) is 0.165. The fraction of sp³-hybridized carbons (Fsp3) is 0.667. The van der Waals surface area contributed by atoms with E-state index in [1.54, 1.807) is 0 Å². The van der Waals surface area contributed by atoms with Crippen molar-refractivity contribution in [2.24, 2.45) is 0 Å². The van der Waals surface area contributed by atoms with Gasteiger partial charge in [0.25, 0.3) is 0 Å². The predicted molar refractivity (Wildman–Crippen MR) is 24.5 cm³/mol. The van der Waals surface area contributed by atoms with Gasteiger partial charge in [0.2, 0.25) is 0 Å². The molecule has 0 aromatic heterocycles. The van der Waals surface area contributed by atoms with E-state index in [-0.39, 0.29) is 29.6 Å². The van der Waals surface area contributed by atoms with Gasteiger partial charge in [0, 0.05) is 36.5 Å². The van der Waals surface area contributed by atoms with Crippen LogP contribution in [0, 0.1) is 0 Å². The first kappa shape index (κ1) is 5.56. The Morgan fingerprint density at radius 2 is 2.43 bits per heavy atom. The van der Waals surface area contributed by atoms with Crippen LogP contribution in [0.3, 0.4) is 0 Å². The summed E-state index contributed by atoms with van der Waals surface area (Å²) in [5, 5.41) is 0. The summed E-state index contributed by atoms with van der Waals surface area (Å²) in [4.78, 5) is 17.4. The van der Waals surface area contributed by atoms with E-state index in [2.05, 4.69) is 9.78 Å². The van der Waals surface area contributed by atoms with Gasteiger partial charge in [0.1, 0.15) is 0 Å². The molecule has 0 atom stereocenters. The Kier molecular flexibility index (Phi) is 5.11. The molecule has 0 rings (SSSR count). The molecule has 0 N–H and O–H groups in total. The summed E-state index contributed by atoms with van der Waals surface area (Å²) in [6, 6.07) is 0. The maximum absolute atomic E-state index is 9.83. The zero-order valence-corrected chi connectivity index (χ0v) is 6.30. The molecule has 37 valence electrons. The number of carbonyl (C=O) groups excluding carboxylic acids is 1. The van der Waals surface area contributed by atoms with Crippen molar-refractivity contribution in [1.29, 1.82) is 0 Å². The minimum atomic E-state index is -1.56. The van der Waals surface area contributed by atoms with Gasteiger partial charge in [-0.1, -0.05) is 0 Å². The Hall–Kier alpha value is 0.430. The van der Waals surface area contributed by atoms with Crippen molar-refractivity contribution in [2.45, 2.75) is 6.92 Å². The van der Waals surface area contributed by atoms with Gasteiger partial charge in [-0.15, -0.1) is 0 Å². The second-order valence-corrected chi connectivity index (χ2v) is 0.671. The molecule has 0 aliphatic rings. The molecule has 0 saturated heterocycles. The van der Waals surface area contributed by atoms with Crippen molar-refractivity contribution in [3.63, 3.8) is 0 Å². The van der Waals surface area contributed by atoms with Crippen molar-refractivity contribution >= 4 is 35.5 Å². The van der Waals surface area contributed by atoms with Crippen LogP contribution in [0.2, 0.25) is 0 Å². The minimum absolute atomic E-state index is 0. The Bertz CT molecular complexity index is 87.1. The smallest absolute Gasteiger partial charge is 0.299 e. The van der Waals surface area contributed by atoms with Crippen LogP contribution in [-0.2, 0) is 14.6 Å². The molecule has 0 fully saturated rings. The average Bonchev–Trinajstić information content (AvgIpc) is 1.61. The average molecular weight is 115 g/mol. The first-order valence-electron chi connectivity index (χ1n) is 2.47. The van der Waals surface area contributed by atoms with Crippen LogP contribution in [0.5, 0.6) is 0 Å². The van der Waals surface area contributed by atoms with Crippen LogP contribution in [0.25, 0.3) is 0 Å². The molecule has 0 saturated carbocycles. The van der Waals surface area contributed by atoms with E-state index in [4.69, 9.17) is 2.74 Å². The molecule has 3 nitrogen and oxygen atoms in total. The Morgan fingerprint density at radius 1 is 1.86 bits per heavy atom. The molecule has 0 aliphatic heterocycles. The molecule has 0 aromatic rings. The summed E-state index contributed by atoms with van der Waals surface area (Å²) in [6.45, 7) is 1.13. The van der Waals surface area contributed by atoms with Crippen LogP contribution < -0.4 is 0 Å². The zero-order chi connectivity index (χ0) is 6.57. The standard InChI is InChI=1S/C3H6O3.Na/c1-3(4)6-5-2;/h1-2H3;/i2D2;. The second-order valence-electron chi connectivity index (χ2n) is 0.671. The van der Waals surface area contributed by atoms with Crippen LogP contribution in [-0.4, -0.2) is 42.6 Å². The molecule has 4 heteroatoms. The van der Waals surface area contributed by atoms with Crippen molar-refractivity contribution in [1.82, 2.24) is 0 Å². The van der Waals surface area contributed by atoms with E-state index < -0.39 is 13.0 Å². The topological polar surface area (TPSA) is 35.5 Å². The van der Waals surface area contributed by atoms with E-state index in [9.17, 15) is 4.79 Å². The van der Waals surface area contributed by atoms with Crippen LogP contribution in [0.15, 0.2) is 0 Å². The minimum Gasteiger partial charge on any atom is -0.299 e. The van der Waals surface area contributed by atoms with Gasteiger partial charge in [-0.3, -0.25) is 4.89 Å². The molecule has 0 aromatic carbocycles. The molecule has 0 bridgehead atoms. The van der Waals surface area contributed by atoms with Crippen LogP contribution in [0.1, 0.15) is 9.67 Å². The fourth-order valence-electron chi connectivity index (χ4n) is 0.0678. The second kappa shape index (κ2) is 6.43. The number of rotatable bonds is 1. The number of hydrogen-bond donors (Lipinski definition) is 0. The third-order valence-electron chi connectivity index (χ3n) is 0.165. The van der Waals surface area contributed by atoms with Crippen LogP contribution in [0.4, 0.5) is 0 Å². The predicted octanol–water partition coefficient (Wildman–Crippen LogP) is -0.270. The molecule has 0 heterocycles. The van der Waals surface area contributed by atoms with Crippen molar-refractivity contribution in [3.8, 4) is 0 Å². The van der Waals surface area contributed by atoms with E-state index in [1.807, 2.05) is 0 Å². The number of hydrogen-bond acceptors (Lipinski definition) is 3. The molecule has 0 amide bonds. The monoisotopic (exact) mass is 115 g/mol. The molecule has 0 aliphatic carbocycles. The summed E-state index contributed by atoms with van der Waals surface area (Å²) in [5.74, 6) is -0.658. The molecule has 1 radical (unpaired) electrons. The van der Waals surface area contributed by atoms with Gasteiger partial charge in [-0.25, -0.2) is 4.79 Å². The van der Waals surface area contributed by atoms with Crippen molar-refractivity contribution in [2.75, 3.05) is 7.06 Å². The number of carbonyl (C=O) groups is 1. The van der Waals surface area contributed by atoms with Crippen LogP contribution >= 0.6 is 0 Å². The molecular formula is C3H6NaO3.